The third kappa shape index (κ3) is 27.7. The molecule has 0 aliphatic heterocycles. The molecule has 0 aliphatic rings. The third-order valence-electron chi connectivity index (χ3n) is 2.34. The fourth-order valence-corrected chi connectivity index (χ4v) is 1.44. The van der Waals surface area contributed by atoms with E-state index in [1.54, 1.807) is 13.3 Å². The van der Waals surface area contributed by atoms with Gasteiger partial charge in [-0.3, -0.25) is 19.2 Å². The van der Waals surface area contributed by atoms with Gasteiger partial charge in [0, 0.05) is 12.8 Å². The normalized spacial score (nSPS) is 9.60. The van der Waals surface area contributed by atoms with Gasteiger partial charge in [0.25, 0.3) is 0 Å². The van der Waals surface area contributed by atoms with Gasteiger partial charge in [0.2, 0.25) is 5.91 Å². The van der Waals surface area contributed by atoms with E-state index in [-0.39, 0.29) is 36.2 Å². The molecule has 8 heteroatoms. The number of ketones is 1. The van der Waals surface area contributed by atoms with Gasteiger partial charge in [0.1, 0.15) is 5.78 Å². The maximum Gasteiger partial charge on any atom is 0.303 e. The molecule has 25 heavy (non-hydrogen) atoms. The standard InChI is InChI=1S/C9H16N2O4.C4H8OS.2C2H6/c1-6(12)5-11-9(15)7(10-2)3-4-8(13)14;1-3-4(5)6-2;2*1-2/h7,10H,3-5H2,1-2H3,(H,11,15)(H,13,14);3H2,1-2H3;2*1-2H3. The minimum atomic E-state index is -0.949. The van der Waals surface area contributed by atoms with Crippen molar-refractivity contribution in [2.24, 2.45) is 0 Å². The van der Waals surface area contributed by atoms with Crippen molar-refractivity contribution in [3.63, 3.8) is 0 Å². The fraction of sp³-hybridized carbons (Fsp3) is 0.765. The molecule has 0 rings (SSSR count). The molecule has 0 heterocycles. The van der Waals surface area contributed by atoms with Crippen LogP contribution in [-0.4, -0.2) is 53.8 Å². The number of carbonyl (C=O) groups excluding carboxylic acids is 3. The Balaban J connectivity index is -0.000000184. The first-order chi connectivity index (χ1) is 11.8. The van der Waals surface area contributed by atoms with E-state index in [9.17, 15) is 19.2 Å². The van der Waals surface area contributed by atoms with Gasteiger partial charge in [-0.25, -0.2) is 0 Å². The number of rotatable bonds is 8. The summed E-state index contributed by atoms with van der Waals surface area (Å²) in [7, 11) is 1.57. The van der Waals surface area contributed by atoms with Gasteiger partial charge in [0.15, 0.2) is 5.12 Å². The Morgan fingerprint density at radius 1 is 1.08 bits per heavy atom. The molecule has 0 saturated carbocycles. The van der Waals surface area contributed by atoms with Crippen LogP contribution in [0.25, 0.3) is 0 Å². The summed E-state index contributed by atoms with van der Waals surface area (Å²) in [4.78, 5) is 42.4. The highest BCUT2D eigenvalue weighted by molar-refractivity contribution is 8.13. The van der Waals surface area contributed by atoms with Gasteiger partial charge in [-0.05, 0) is 26.6 Å². The molecule has 0 radical (unpaired) electrons. The number of nitrogens with one attached hydrogen (secondary N) is 2. The number of carbonyl (C=O) groups is 4. The smallest absolute Gasteiger partial charge is 0.303 e. The maximum absolute atomic E-state index is 11.4. The lowest BCUT2D eigenvalue weighted by Gasteiger charge is -2.14. The van der Waals surface area contributed by atoms with Crippen molar-refractivity contribution >= 4 is 34.5 Å². The van der Waals surface area contributed by atoms with E-state index in [1.165, 1.54) is 18.7 Å². The second-order valence-corrected chi connectivity index (χ2v) is 4.99. The lowest BCUT2D eigenvalue weighted by atomic mass is 10.1. The molecule has 0 saturated heterocycles. The lowest BCUT2D eigenvalue weighted by molar-refractivity contribution is -0.137. The number of aliphatic carboxylic acids is 1. The number of thioether (sulfide) groups is 1. The summed E-state index contributed by atoms with van der Waals surface area (Å²) >= 11 is 1.29. The highest BCUT2D eigenvalue weighted by Gasteiger charge is 2.17. The summed E-state index contributed by atoms with van der Waals surface area (Å²) in [6.45, 7) is 11.2. The molecule has 0 aromatic rings. The monoisotopic (exact) mass is 380 g/mol. The van der Waals surface area contributed by atoms with E-state index >= 15 is 0 Å². The Morgan fingerprint density at radius 3 is 1.80 bits per heavy atom. The van der Waals surface area contributed by atoms with Gasteiger partial charge < -0.3 is 15.7 Å². The van der Waals surface area contributed by atoms with Crippen molar-refractivity contribution in [3.05, 3.63) is 0 Å². The average molecular weight is 381 g/mol. The van der Waals surface area contributed by atoms with Crippen LogP contribution >= 0.6 is 11.8 Å². The SMILES string of the molecule is CC.CC.CCC(=O)SC.CNC(CCC(=O)O)C(=O)NCC(C)=O. The van der Waals surface area contributed by atoms with Crippen LogP contribution in [0.2, 0.25) is 0 Å². The lowest BCUT2D eigenvalue weighted by Crippen LogP contribution is -2.44. The van der Waals surface area contributed by atoms with Crippen LogP contribution in [0.1, 0.15) is 60.8 Å². The molecule has 0 spiro atoms. The number of Topliss-reactive ketones (excluding diaryl/α,β-unsaturated/α-hetero) is 1. The summed E-state index contributed by atoms with van der Waals surface area (Å²) < 4.78 is 0. The summed E-state index contributed by atoms with van der Waals surface area (Å²) in [5, 5.41) is 13.8. The molecule has 1 unspecified atom stereocenters. The van der Waals surface area contributed by atoms with Crippen molar-refractivity contribution < 1.29 is 24.3 Å². The summed E-state index contributed by atoms with van der Waals surface area (Å²) in [5.74, 6) is -1.44. The Bertz CT molecular complexity index is 357. The van der Waals surface area contributed by atoms with E-state index in [0.717, 1.165) is 0 Å². The van der Waals surface area contributed by atoms with Crippen molar-refractivity contribution in [2.75, 3.05) is 19.8 Å². The molecule has 7 nitrogen and oxygen atoms in total. The number of carboxylic acids is 1. The largest absolute Gasteiger partial charge is 0.481 e. The van der Waals surface area contributed by atoms with Gasteiger partial charge in [-0.15, -0.1) is 0 Å². The predicted octanol–water partition coefficient (Wildman–Crippen LogP) is 2.48. The summed E-state index contributed by atoms with van der Waals surface area (Å²) in [6, 6.07) is -0.569. The zero-order chi connectivity index (χ0) is 20.8. The second kappa shape index (κ2) is 24.8. The fourth-order valence-electron chi connectivity index (χ4n) is 1.15. The number of hydrogen-bond acceptors (Lipinski definition) is 6. The van der Waals surface area contributed by atoms with Crippen LogP contribution in [0.3, 0.4) is 0 Å². The highest BCUT2D eigenvalue weighted by atomic mass is 32.2. The first-order valence-corrected chi connectivity index (χ1v) is 9.73. The Labute approximate surface area is 156 Å². The molecular formula is C17H36N2O5S. The molecule has 0 aromatic heterocycles. The van der Waals surface area contributed by atoms with Gasteiger partial charge in [0.05, 0.1) is 12.6 Å². The number of carboxylic acid groups (broad SMARTS) is 1. The van der Waals surface area contributed by atoms with Crippen LogP contribution < -0.4 is 10.6 Å². The first-order valence-electron chi connectivity index (χ1n) is 8.51. The van der Waals surface area contributed by atoms with E-state index in [1.807, 2.05) is 34.6 Å². The maximum atomic E-state index is 11.4. The van der Waals surface area contributed by atoms with Crippen LogP contribution in [0.4, 0.5) is 0 Å². The molecule has 0 aromatic carbocycles. The Hall–Kier alpha value is -1.41. The van der Waals surface area contributed by atoms with E-state index in [4.69, 9.17) is 5.11 Å². The summed E-state index contributed by atoms with van der Waals surface area (Å²) in [6.07, 6.45) is 2.57. The average Bonchev–Trinajstić information content (AvgIpc) is 2.63. The minimum Gasteiger partial charge on any atom is -0.481 e. The molecular weight excluding hydrogens is 344 g/mol. The van der Waals surface area contributed by atoms with E-state index in [0.29, 0.717) is 6.42 Å². The molecule has 1 amide bonds. The zero-order valence-corrected chi connectivity index (χ0v) is 17.7. The van der Waals surface area contributed by atoms with Crippen molar-refractivity contribution in [1.29, 1.82) is 0 Å². The third-order valence-corrected chi connectivity index (χ3v) is 3.08. The minimum absolute atomic E-state index is 0.0237. The quantitative estimate of drug-likeness (QED) is 0.593. The van der Waals surface area contributed by atoms with E-state index < -0.39 is 12.0 Å². The predicted molar refractivity (Wildman–Crippen MR) is 105 cm³/mol. The van der Waals surface area contributed by atoms with Crippen LogP contribution in [0.5, 0.6) is 0 Å². The number of amides is 1. The zero-order valence-electron chi connectivity index (χ0n) is 16.9. The number of hydrogen-bond donors (Lipinski definition) is 3. The molecule has 0 bridgehead atoms. The Kier molecular flexibility index (Phi) is 31.2. The van der Waals surface area contributed by atoms with Crippen molar-refractivity contribution in [3.8, 4) is 0 Å². The van der Waals surface area contributed by atoms with E-state index in [2.05, 4.69) is 10.6 Å². The summed E-state index contributed by atoms with van der Waals surface area (Å²) in [5.41, 5.74) is 0. The van der Waals surface area contributed by atoms with Crippen molar-refractivity contribution in [2.45, 2.75) is 66.8 Å². The van der Waals surface area contributed by atoms with Gasteiger partial charge in [-0.1, -0.05) is 46.4 Å². The molecule has 3 N–H and O–H groups in total. The topological polar surface area (TPSA) is 113 Å². The second-order valence-electron chi connectivity index (χ2n) is 4.12. The molecule has 0 fully saturated rings. The number of likely N-dealkylation sites (N-methyl/N-ethyl adjacent to an activating group) is 1. The molecule has 0 aliphatic carbocycles. The Morgan fingerprint density at radius 2 is 1.56 bits per heavy atom. The van der Waals surface area contributed by atoms with Crippen LogP contribution in [0.15, 0.2) is 0 Å². The first kappa shape index (κ1) is 31.4. The van der Waals surface area contributed by atoms with Gasteiger partial charge in [-0.2, -0.15) is 0 Å². The van der Waals surface area contributed by atoms with Crippen LogP contribution in [-0.2, 0) is 19.2 Å². The van der Waals surface area contributed by atoms with Crippen LogP contribution in [0, 0.1) is 0 Å². The van der Waals surface area contributed by atoms with Crippen molar-refractivity contribution in [1.82, 2.24) is 10.6 Å². The highest BCUT2D eigenvalue weighted by Crippen LogP contribution is 1.97. The van der Waals surface area contributed by atoms with Gasteiger partial charge >= 0.3 is 5.97 Å². The molecule has 1 atom stereocenters. The molecule has 150 valence electrons.